The number of hydrogen-bond acceptors (Lipinski definition) is 2. The topological polar surface area (TPSA) is 6.48 Å². The van der Waals surface area contributed by atoms with Crippen LogP contribution in [0.1, 0.15) is 50.8 Å². The minimum Gasteiger partial charge on any atom is -0.304 e. The van der Waals surface area contributed by atoms with Crippen LogP contribution in [-0.2, 0) is 0 Å². The van der Waals surface area contributed by atoms with Gasteiger partial charge >= 0.3 is 0 Å². The van der Waals surface area contributed by atoms with Gasteiger partial charge in [-0.15, -0.1) is 0 Å². The molecule has 4 rings (SSSR count). The molecule has 2 aliphatic rings. The van der Waals surface area contributed by atoms with Crippen molar-refractivity contribution in [3.63, 3.8) is 0 Å². The summed E-state index contributed by atoms with van der Waals surface area (Å²) in [5.74, 6) is 1.85. The van der Waals surface area contributed by atoms with E-state index in [0.29, 0.717) is 6.04 Å². The van der Waals surface area contributed by atoms with Crippen LogP contribution in [0.5, 0.6) is 0 Å². The lowest BCUT2D eigenvalue weighted by molar-refractivity contribution is 0.103. The molecule has 1 saturated carbocycles. The van der Waals surface area contributed by atoms with Crippen molar-refractivity contribution < 1.29 is 0 Å². The van der Waals surface area contributed by atoms with Gasteiger partial charge in [0.1, 0.15) is 0 Å². The number of likely N-dealkylation sites (N-methyl/N-ethyl adjacent to an activating group) is 1. The van der Waals surface area contributed by atoms with Crippen molar-refractivity contribution in [1.29, 1.82) is 0 Å². The Morgan fingerprint density at radius 2 is 1.36 bits per heavy atom. The molecule has 0 radical (unpaired) electrons. The fraction of sp³-hybridized carbons (Fsp3) is 0.538. The first-order valence-corrected chi connectivity index (χ1v) is 11.2. The number of rotatable bonds is 5. The summed E-state index contributed by atoms with van der Waals surface area (Å²) in [5, 5.41) is 0. The molecule has 1 aliphatic heterocycles. The van der Waals surface area contributed by atoms with E-state index in [0.717, 1.165) is 11.8 Å². The van der Waals surface area contributed by atoms with Crippen LogP contribution >= 0.6 is 0 Å². The van der Waals surface area contributed by atoms with Crippen LogP contribution in [-0.4, -0.2) is 43.0 Å². The molecule has 0 spiro atoms. The van der Waals surface area contributed by atoms with Crippen molar-refractivity contribution in [3.8, 4) is 11.1 Å². The summed E-state index contributed by atoms with van der Waals surface area (Å²) in [6, 6.07) is 18.8. The van der Waals surface area contributed by atoms with Crippen molar-refractivity contribution in [1.82, 2.24) is 9.80 Å². The minimum absolute atomic E-state index is 0.589. The van der Waals surface area contributed by atoms with Crippen LogP contribution < -0.4 is 0 Å². The van der Waals surface area contributed by atoms with Crippen molar-refractivity contribution in [3.05, 3.63) is 59.7 Å². The van der Waals surface area contributed by atoms with Crippen molar-refractivity contribution >= 4 is 0 Å². The van der Waals surface area contributed by atoms with Gasteiger partial charge in [-0.25, -0.2) is 0 Å². The third-order valence-electron chi connectivity index (χ3n) is 6.46. The largest absolute Gasteiger partial charge is 0.304 e. The van der Waals surface area contributed by atoms with E-state index in [2.05, 4.69) is 79.2 Å². The molecule has 1 heterocycles. The lowest BCUT2D eigenvalue weighted by Gasteiger charge is -2.38. The number of piperazine rings is 1. The van der Waals surface area contributed by atoms with Gasteiger partial charge in [-0.3, -0.25) is 4.90 Å². The Labute approximate surface area is 172 Å². The van der Waals surface area contributed by atoms with Crippen LogP contribution in [0.2, 0.25) is 0 Å². The van der Waals surface area contributed by atoms with Gasteiger partial charge in [0.2, 0.25) is 0 Å². The SMILES string of the molecule is CC.Cc1ccc(-c2ccc(C(CC3CC3C)N3CCN(C)CC3)cc2)cc1. The summed E-state index contributed by atoms with van der Waals surface area (Å²) in [6.07, 6.45) is 2.75. The highest BCUT2D eigenvalue weighted by atomic mass is 15.3. The molecule has 3 unspecified atom stereocenters. The fourth-order valence-electron chi connectivity index (χ4n) is 4.29. The smallest absolute Gasteiger partial charge is 0.0351 e. The maximum Gasteiger partial charge on any atom is 0.0351 e. The third kappa shape index (κ3) is 5.24. The highest BCUT2D eigenvalue weighted by Gasteiger charge is 2.37. The molecule has 2 nitrogen and oxygen atoms in total. The van der Waals surface area contributed by atoms with Crippen LogP contribution in [0.15, 0.2) is 48.5 Å². The van der Waals surface area contributed by atoms with Gasteiger partial charge in [0.15, 0.2) is 0 Å². The standard InChI is InChI=1S/C24H32N2.C2H6/c1-18-4-6-20(7-5-18)21-8-10-22(11-9-21)24(17-23-16-19(23)2)26-14-12-25(3)13-15-26;1-2/h4-11,19,23-24H,12-17H2,1-3H3;1-2H3. The van der Waals surface area contributed by atoms with Gasteiger partial charge in [0.05, 0.1) is 0 Å². The van der Waals surface area contributed by atoms with E-state index in [-0.39, 0.29) is 0 Å². The monoisotopic (exact) mass is 378 g/mol. The third-order valence-corrected chi connectivity index (χ3v) is 6.46. The van der Waals surface area contributed by atoms with E-state index in [1.165, 1.54) is 61.3 Å². The first kappa shape index (κ1) is 21.1. The van der Waals surface area contributed by atoms with E-state index in [9.17, 15) is 0 Å². The fourth-order valence-corrected chi connectivity index (χ4v) is 4.29. The van der Waals surface area contributed by atoms with Gasteiger partial charge in [-0.1, -0.05) is 74.9 Å². The first-order valence-electron chi connectivity index (χ1n) is 11.2. The average molecular weight is 379 g/mol. The highest BCUT2D eigenvalue weighted by molar-refractivity contribution is 5.64. The molecule has 2 aromatic carbocycles. The van der Waals surface area contributed by atoms with Crippen LogP contribution in [0.4, 0.5) is 0 Å². The first-order chi connectivity index (χ1) is 13.6. The van der Waals surface area contributed by atoms with Gasteiger partial charge in [-0.2, -0.15) is 0 Å². The molecule has 2 fully saturated rings. The Balaban J connectivity index is 0.00000109. The molecular formula is C26H38N2. The average Bonchev–Trinajstić information content (AvgIpc) is 3.44. The summed E-state index contributed by atoms with van der Waals surface area (Å²) >= 11 is 0. The molecule has 28 heavy (non-hydrogen) atoms. The molecule has 0 bridgehead atoms. The number of hydrogen-bond donors (Lipinski definition) is 0. The Kier molecular flexibility index (Phi) is 7.31. The summed E-state index contributed by atoms with van der Waals surface area (Å²) in [6.45, 7) is 13.3. The van der Waals surface area contributed by atoms with E-state index in [1.54, 1.807) is 0 Å². The molecule has 3 atom stereocenters. The summed E-state index contributed by atoms with van der Waals surface area (Å²) in [4.78, 5) is 5.18. The van der Waals surface area contributed by atoms with E-state index in [4.69, 9.17) is 0 Å². The van der Waals surface area contributed by atoms with Crippen LogP contribution in [0, 0.1) is 18.8 Å². The number of nitrogens with zero attached hydrogens (tertiary/aromatic N) is 2. The van der Waals surface area contributed by atoms with Gasteiger partial charge < -0.3 is 4.90 Å². The van der Waals surface area contributed by atoms with Crippen LogP contribution in [0.3, 0.4) is 0 Å². The molecule has 0 aromatic heterocycles. The Bertz CT molecular complexity index is 711. The molecule has 0 N–H and O–H groups in total. The Morgan fingerprint density at radius 1 is 0.857 bits per heavy atom. The second-order valence-electron chi connectivity index (χ2n) is 8.55. The van der Waals surface area contributed by atoms with Gasteiger partial charge in [0, 0.05) is 32.2 Å². The molecule has 1 aliphatic carbocycles. The summed E-state index contributed by atoms with van der Waals surface area (Å²) < 4.78 is 0. The van der Waals surface area contributed by atoms with E-state index < -0.39 is 0 Å². The number of aryl methyl sites for hydroxylation is 1. The Morgan fingerprint density at radius 3 is 1.86 bits per heavy atom. The molecule has 1 saturated heterocycles. The molecule has 2 aromatic rings. The zero-order valence-corrected chi connectivity index (χ0v) is 18.5. The predicted molar refractivity (Wildman–Crippen MR) is 122 cm³/mol. The zero-order chi connectivity index (χ0) is 20.1. The van der Waals surface area contributed by atoms with Crippen molar-refractivity contribution in [2.24, 2.45) is 11.8 Å². The van der Waals surface area contributed by atoms with E-state index >= 15 is 0 Å². The van der Waals surface area contributed by atoms with Crippen LogP contribution in [0.25, 0.3) is 11.1 Å². The summed E-state index contributed by atoms with van der Waals surface area (Å²) in [7, 11) is 2.24. The van der Waals surface area contributed by atoms with E-state index in [1.807, 2.05) is 13.8 Å². The molecule has 152 valence electrons. The lowest BCUT2D eigenvalue weighted by Crippen LogP contribution is -2.46. The normalized spacial score (nSPS) is 23.6. The van der Waals surface area contributed by atoms with Gasteiger partial charge in [-0.05, 0) is 55.3 Å². The second-order valence-corrected chi connectivity index (χ2v) is 8.55. The highest BCUT2D eigenvalue weighted by Crippen LogP contribution is 2.45. The molecular weight excluding hydrogens is 340 g/mol. The second kappa shape index (κ2) is 9.71. The Hall–Kier alpha value is -1.64. The molecule has 0 amide bonds. The lowest BCUT2D eigenvalue weighted by atomic mass is 9.95. The predicted octanol–water partition coefficient (Wildman–Crippen LogP) is 6.02. The molecule has 2 heteroatoms. The van der Waals surface area contributed by atoms with Crippen molar-refractivity contribution in [2.45, 2.75) is 46.6 Å². The maximum absolute atomic E-state index is 2.73. The maximum atomic E-state index is 2.73. The quantitative estimate of drug-likeness (QED) is 0.627. The zero-order valence-electron chi connectivity index (χ0n) is 18.5. The minimum atomic E-state index is 0.589. The number of benzene rings is 2. The van der Waals surface area contributed by atoms with Gasteiger partial charge in [0.25, 0.3) is 0 Å². The van der Waals surface area contributed by atoms with Crippen molar-refractivity contribution in [2.75, 3.05) is 33.2 Å². The summed E-state index contributed by atoms with van der Waals surface area (Å²) in [5.41, 5.74) is 5.46.